The molecule has 0 bridgehead atoms. The van der Waals surface area contributed by atoms with E-state index in [1.807, 2.05) is 12.1 Å². The van der Waals surface area contributed by atoms with Gasteiger partial charge in [-0.15, -0.1) is 0 Å². The summed E-state index contributed by atoms with van der Waals surface area (Å²) in [5.41, 5.74) is 13.1. The number of nitro groups is 3. The Morgan fingerprint density at radius 3 is 1.39 bits per heavy atom. The second-order valence-corrected chi connectivity index (χ2v) is 11.1. The number of hydrogen-bond donors (Lipinski definition) is 3. The lowest BCUT2D eigenvalue weighted by atomic mass is 10.3. The molecule has 0 saturated carbocycles. The first-order valence-corrected chi connectivity index (χ1v) is 15.8. The smallest absolute Gasteiger partial charge is 0.388 e. The van der Waals surface area contributed by atoms with E-state index in [9.17, 15) is 30.3 Å². The van der Waals surface area contributed by atoms with Crippen LogP contribution in [0.4, 0.5) is 23.1 Å². The molecule has 0 fully saturated rings. The van der Waals surface area contributed by atoms with Gasteiger partial charge >= 0.3 is 11.6 Å². The second-order valence-electron chi connectivity index (χ2n) is 9.83. The average Bonchev–Trinajstić information content (AvgIpc) is 3.94. The standard InChI is InChI=1S/C10H8ClN3O3.C10H10ClN3O.C7H8ClNO.C3H2N4O4.CH4O.CH4.H2/c1-17-9-3-7(11)2-8(4-9)13-5-10(12-6-13)14(15)16;1-15-9-3-7(11)2-8(4-9)14-5-10(12)13-6-14;1-10-7-3-5(8)2-6(9)4-7;8-6(9)3-1-5(2-4-3)7(10)11;1-2;;/h2-6H,1H3;2-6H,12H2,1H3;2-4H,9H2,1H3;1-2H;2H,1H3;1H4;1H. The molecule has 0 aliphatic heterocycles. The highest BCUT2D eigenvalue weighted by Crippen LogP contribution is 2.25. The van der Waals surface area contributed by atoms with Crippen molar-refractivity contribution >= 4 is 57.9 Å². The number of hydrogen-bond acceptors (Lipinski definition) is 15. The van der Waals surface area contributed by atoms with E-state index in [1.165, 1.54) is 24.2 Å². The fourth-order valence-corrected chi connectivity index (χ4v) is 4.52. The van der Waals surface area contributed by atoms with E-state index in [0.717, 1.165) is 25.3 Å². The van der Waals surface area contributed by atoms with Gasteiger partial charge in [0.05, 0.1) is 38.9 Å². The fourth-order valence-electron chi connectivity index (χ4n) is 3.85. The maximum absolute atomic E-state index is 10.5. The monoisotopic (exact) mass is 841 g/mol. The molecule has 6 aromatic rings. The SMILES string of the molecule is C.CO.COc1cc(Cl)cc(-n2cnc(N)c2)c1.COc1cc(Cl)cc(-n2cnc([N+](=O)[O-])c2)c1.COc1cc(N)cc(Cl)c1.O=[N+]([O-])c1cn([N+](=O)[O-])cn1.[HH]. The Bertz CT molecular complexity index is 2150. The van der Waals surface area contributed by atoms with Crippen LogP contribution < -0.4 is 25.7 Å². The van der Waals surface area contributed by atoms with E-state index in [1.54, 1.807) is 73.8 Å². The number of aromatic nitrogens is 6. The van der Waals surface area contributed by atoms with Gasteiger partial charge in [-0.25, -0.2) is 15.1 Å². The highest BCUT2D eigenvalue weighted by Gasteiger charge is 2.15. The third-order valence-electron chi connectivity index (χ3n) is 6.20. The lowest BCUT2D eigenvalue weighted by molar-refractivity contribution is -0.542. The Balaban J connectivity index is 0.000000729. The topological polar surface area (TPSA) is 283 Å². The van der Waals surface area contributed by atoms with Crippen LogP contribution in [0.25, 0.3) is 11.4 Å². The molecule has 3 aromatic heterocycles. The maximum Gasteiger partial charge on any atom is 0.388 e. The fraction of sp³-hybridized carbons (Fsp3) is 0.156. The molecule has 21 nitrogen and oxygen atoms in total. The molecule has 302 valence electrons. The van der Waals surface area contributed by atoms with Crippen LogP contribution in [0, 0.1) is 30.3 Å². The van der Waals surface area contributed by atoms with Gasteiger partial charge in [-0.2, -0.15) is 0 Å². The third kappa shape index (κ3) is 15.0. The number of aliphatic hydroxyl groups is 1. The zero-order valence-corrected chi connectivity index (χ0v) is 31.4. The second kappa shape index (κ2) is 23.2. The molecule has 0 saturated heterocycles. The molecule has 0 aliphatic carbocycles. The minimum atomic E-state index is -0.819. The van der Waals surface area contributed by atoms with Crippen molar-refractivity contribution in [1.82, 2.24) is 28.8 Å². The van der Waals surface area contributed by atoms with Crippen molar-refractivity contribution in [2.24, 2.45) is 0 Å². The van der Waals surface area contributed by atoms with Crippen LogP contribution in [0.3, 0.4) is 0 Å². The summed E-state index contributed by atoms with van der Waals surface area (Å²) in [7, 11) is 5.69. The number of benzene rings is 3. The van der Waals surface area contributed by atoms with Gasteiger partial charge in [-0.1, -0.05) is 42.2 Å². The Morgan fingerprint density at radius 2 is 1.04 bits per heavy atom. The van der Waals surface area contributed by atoms with E-state index >= 15 is 0 Å². The molecule has 0 aliphatic rings. The van der Waals surface area contributed by atoms with E-state index in [-0.39, 0.29) is 14.7 Å². The molecule has 0 amide bonds. The summed E-state index contributed by atoms with van der Waals surface area (Å²) >= 11 is 17.5. The predicted octanol–water partition coefficient (Wildman–Crippen LogP) is 6.81. The summed E-state index contributed by atoms with van der Waals surface area (Å²) in [5, 5.41) is 38.3. The number of ether oxygens (including phenoxy) is 3. The molecule has 3 heterocycles. The van der Waals surface area contributed by atoms with Gasteiger partial charge in [0, 0.05) is 47.5 Å². The molecule has 5 N–H and O–H groups in total. The van der Waals surface area contributed by atoms with Gasteiger partial charge in [0.15, 0.2) is 11.2 Å². The van der Waals surface area contributed by atoms with Crippen molar-refractivity contribution in [1.29, 1.82) is 0 Å². The van der Waals surface area contributed by atoms with Crippen molar-refractivity contribution in [3.05, 3.63) is 138 Å². The van der Waals surface area contributed by atoms with E-state index in [4.69, 9.17) is 65.6 Å². The Morgan fingerprint density at radius 1 is 0.625 bits per heavy atom. The summed E-state index contributed by atoms with van der Waals surface area (Å²) < 4.78 is 18.8. The van der Waals surface area contributed by atoms with Crippen LogP contribution in [-0.2, 0) is 0 Å². The molecule has 56 heavy (non-hydrogen) atoms. The normalized spacial score (nSPS) is 9.50. The highest BCUT2D eigenvalue weighted by molar-refractivity contribution is 6.31. The number of rotatable bonds is 8. The molecule has 0 unspecified atom stereocenters. The van der Waals surface area contributed by atoms with Crippen molar-refractivity contribution in [3.63, 3.8) is 0 Å². The summed E-state index contributed by atoms with van der Waals surface area (Å²) in [6, 6.07) is 15.5. The molecule has 24 heteroatoms. The molecule has 0 spiro atoms. The summed E-state index contributed by atoms with van der Waals surface area (Å²) in [5.74, 6) is 1.67. The Hall–Kier alpha value is -6.68. The molecule has 3 aromatic carbocycles. The van der Waals surface area contributed by atoms with Gasteiger partial charge < -0.3 is 55.6 Å². The molecular weight excluding hydrogens is 805 g/mol. The predicted molar refractivity (Wildman–Crippen MR) is 212 cm³/mol. The van der Waals surface area contributed by atoms with Gasteiger partial charge in [-0.3, -0.25) is 4.57 Å². The van der Waals surface area contributed by atoms with Gasteiger partial charge in [0.2, 0.25) is 6.33 Å². The Kier molecular flexibility index (Phi) is 19.6. The first-order chi connectivity index (χ1) is 26.1. The van der Waals surface area contributed by atoms with Crippen LogP contribution in [0.1, 0.15) is 8.85 Å². The number of imidazole rings is 3. The van der Waals surface area contributed by atoms with Crippen LogP contribution in [-0.4, -0.2) is 77.2 Å². The number of nitrogens with two attached hydrogens (primary N) is 2. The van der Waals surface area contributed by atoms with Gasteiger partial charge in [0.25, 0.3) is 6.33 Å². The van der Waals surface area contributed by atoms with E-state index in [2.05, 4.69) is 15.0 Å². The third-order valence-corrected chi connectivity index (χ3v) is 6.85. The number of nitrogen functional groups attached to an aromatic ring is 2. The minimum absolute atomic E-state index is 0. The first kappa shape index (κ1) is 47.3. The zero-order chi connectivity index (χ0) is 41.2. The first-order valence-electron chi connectivity index (χ1n) is 14.7. The highest BCUT2D eigenvalue weighted by atomic mass is 35.5. The molecule has 0 atom stereocenters. The molecular formula is C32H38Cl3N11O10. The average molecular weight is 843 g/mol. The number of anilines is 2. The lowest BCUT2D eigenvalue weighted by Crippen LogP contribution is -2.04. The summed E-state index contributed by atoms with van der Waals surface area (Å²) in [6.45, 7) is 0. The number of methoxy groups -OCH3 is 3. The molecule has 0 radical (unpaired) electrons. The quantitative estimate of drug-likeness (QED) is 0.0806. The van der Waals surface area contributed by atoms with Crippen molar-refractivity contribution in [2.75, 3.05) is 39.9 Å². The number of aliphatic hydroxyl groups excluding tert-OH is 1. The van der Waals surface area contributed by atoms with Crippen LogP contribution >= 0.6 is 34.8 Å². The van der Waals surface area contributed by atoms with Gasteiger partial charge in [0.1, 0.15) is 35.6 Å². The largest absolute Gasteiger partial charge is 0.497 e. The maximum atomic E-state index is 10.5. The zero-order valence-electron chi connectivity index (χ0n) is 29.1. The van der Waals surface area contributed by atoms with Crippen molar-refractivity contribution in [2.45, 2.75) is 7.43 Å². The number of halogens is 3. The minimum Gasteiger partial charge on any atom is -0.497 e. The van der Waals surface area contributed by atoms with E-state index in [0.29, 0.717) is 54.2 Å². The van der Waals surface area contributed by atoms with Gasteiger partial charge in [-0.05, 0) is 60.9 Å². The lowest BCUT2D eigenvalue weighted by Gasteiger charge is -2.05. The Labute approximate surface area is 335 Å². The van der Waals surface area contributed by atoms with E-state index < -0.39 is 20.7 Å². The number of nitrogens with zero attached hydrogens (tertiary/aromatic N) is 9. The molecule has 6 rings (SSSR count). The summed E-state index contributed by atoms with van der Waals surface area (Å²) in [6.07, 6.45) is 7.48. The van der Waals surface area contributed by atoms with Crippen LogP contribution in [0.5, 0.6) is 17.2 Å². The van der Waals surface area contributed by atoms with Crippen LogP contribution in [0.15, 0.2) is 92.2 Å². The van der Waals surface area contributed by atoms with Crippen molar-refractivity contribution < 1.29 is 35.6 Å². The van der Waals surface area contributed by atoms with Crippen LogP contribution in [0.2, 0.25) is 15.1 Å². The van der Waals surface area contributed by atoms with Crippen molar-refractivity contribution in [3.8, 4) is 28.6 Å². The summed E-state index contributed by atoms with van der Waals surface area (Å²) in [4.78, 5) is 39.8.